The van der Waals surface area contributed by atoms with Crippen molar-refractivity contribution in [2.45, 2.75) is 46.2 Å². The molecule has 5 rings (SSSR count). The number of ether oxygens (including phenoxy) is 1. The molecule has 2 N–H and O–H groups in total. The number of thiocarbonyl (C=S) groups is 1. The molecule has 9 heteroatoms. The number of aryl methyl sites for hydroxylation is 1. The number of hydrogen-bond donors (Lipinski definition) is 2. The number of aromatic nitrogens is 2. The Kier molecular flexibility index (Phi) is 7.83. The number of carbonyl (C=O) groups excluding carboxylic acids is 1. The van der Waals surface area contributed by atoms with Gasteiger partial charge in [-0.25, -0.2) is 0 Å². The Labute approximate surface area is 245 Å². The maximum absolute atomic E-state index is 12.1. The first-order valence-corrected chi connectivity index (χ1v) is 14.0. The summed E-state index contributed by atoms with van der Waals surface area (Å²) in [6.45, 7) is 8.08. The molecular weight excluding hydrogens is 542 g/mol. The van der Waals surface area contributed by atoms with Crippen LogP contribution in [0.2, 0.25) is 5.02 Å². The zero-order chi connectivity index (χ0) is 28.6. The Morgan fingerprint density at radius 3 is 2.62 bits per heavy atom. The van der Waals surface area contributed by atoms with Crippen LogP contribution in [0, 0.1) is 20.8 Å². The summed E-state index contributed by atoms with van der Waals surface area (Å²) in [6.07, 6.45) is 2.17. The van der Waals surface area contributed by atoms with Gasteiger partial charge in [0.2, 0.25) is 5.91 Å². The number of methoxy groups -OCH3 is 1. The lowest BCUT2D eigenvalue weighted by molar-refractivity contribution is -0.115. The summed E-state index contributed by atoms with van der Waals surface area (Å²) < 4.78 is 7.92. The van der Waals surface area contributed by atoms with Gasteiger partial charge in [0.05, 0.1) is 30.6 Å². The van der Waals surface area contributed by atoms with Crippen molar-refractivity contribution >= 4 is 46.2 Å². The Balaban J connectivity index is 1.66. The maximum Gasteiger partial charge on any atom is 0.224 e. The third kappa shape index (κ3) is 4.93. The average molecular weight is 574 g/mol. The van der Waals surface area contributed by atoms with E-state index in [0.29, 0.717) is 23.0 Å². The number of benzene rings is 2. The second-order valence-corrected chi connectivity index (χ2v) is 10.6. The van der Waals surface area contributed by atoms with E-state index in [0.717, 1.165) is 44.6 Å². The Hall–Kier alpha value is -3.88. The lowest BCUT2D eigenvalue weighted by Crippen LogP contribution is -2.29. The number of hydrogen-bond acceptors (Lipinski definition) is 4. The molecule has 3 heterocycles. The van der Waals surface area contributed by atoms with E-state index in [9.17, 15) is 4.79 Å². The van der Waals surface area contributed by atoms with Crippen molar-refractivity contribution in [3.63, 3.8) is 0 Å². The molecule has 1 aliphatic heterocycles. The second kappa shape index (κ2) is 11.3. The summed E-state index contributed by atoms with van der Waals surface area (Å²) in [6, 6.07) is 19.4. The zero-order valence-corrected chi connectivity index (χ0v) is 24.7. The Morgan fingerprint density at radius 2 is 1.93 bits per heavy atom. The highest BCUT2D eigenvalue weighted by molar-refractivity contribution is 7.80. The van der Waals surface area contributed by atoms with Crippen LogP contribution in [0.5, 0.6) is 5.75 Å². The summed E-state index contributed by atoms with van der Waals surface area (Å²) in [5.74, 6) is 0.475. The van der Waals surface area contributed by atoms with Crippen molar-refractivity contribution < 1.29 is 9.53 Å². The molecular formula is C31H32ClN5O2S. The number of anilines is 2. The predicted molar refractivity (Wildman–Crippen MR) is 165 cm³/mol. The Morgan fingerprint density at radius 1 is 1.12 bits per heavy atom. The molecule has 2 aromatic heterocycles. The molecule has 206 valence electrons. The van der Waals surface area contributed by atoms with E-state index >= 15 is 0 Å². The molecule has 40 heavy (non-hydrogen) atoms. The van der Waals surface area contributed by atoms with Gasteiger partial charge in [-0.3, -0.25) is 9.78 Å². The van der Waals surface area contributed by atoms with Crippen molar-refractivity contribution in [2.75, 3.05) is 17.3 Å². The normalized spacial score (nSPS) is 16.6. The lowest BCUT2D eigenvalue weighted by atomic mass is 9.96. The monoisotopic (exact) mass is 573 g/mol. The van der Waals surface area contributed by atoms with Crippen LogP contribution in [-0.4, -0.2) is 27.7 Å². The summed E-state index contributed by atoms with van der Waals surface area (Å²) in [4.78, 5) is 18.9. The minimum Gasteiger partial charge on any atom is -0.494 e. The van der Waals surface area contributed by atoms with E-state index in [1.165, 1.54) is 0 Å². The molecule has 7 nitrogen and oxygen atoms in total. The number of halogens is 1. The van der Waals surface area contributed by atoms with Crippen molar-refractivity contribution in [1.29, 1.82) is 0 Å². The van der Waals surface area contributed by atoms with E-state index in [-0.39, 0.29) is 18.0 Å². The molecule has 1 amide bonds. The number of nitrogens with zero attached hydrogens (tertiary/aromatic N) is 3. The van der Waals surface area contributed by atoms with E-state index in [1.54, 1.807) is 13.3 Å². The van der Waals surface area contributed by atoms with Gasteiger partial charge in [-0.15, -0.1) is 0 Å². The quantitative estimate of drug-likeness (QED) is 0.232. The van der Waals surface area contributed by atoms with Crippen molar-refractivity contribution in [2.24, 2.45) is 0 Å². The fourth-order valence-electron chi connectivity index (χ4n) is 5.42. The third-order valence-electron chi connectivity index (χ3n) is 7.43. The topological polar surface area (TPSA) is 71.4 Å². The summed E-state index contributed by atoms with van der Waals surface area (Å²) in [7, 11) is 1.59. The van der Waals surface area contributed by atoms with Gasteiger partial charge >= 0.3 is 0 Å². The smallest absolute Gasteiger partial charge is 0.224 e. The van der Waals surface area contributed by atoms with Gasteiger partial charge < -0.3 is 24.8 Å². The maximum atomic E-state index is 12.1. The zero-order valence-electron chi connectivity index (χ0n) is 23.2. The van der Waals surface area contributed by atoms with Crippen LogP contribution in [-0.2, 0) is 4.79 Å². The first-order chi connectivity index (χ1) is 19.2. The van der Waals surface area contributed by atoms with Crippen molar-refractivity contribution in [3.8, 4) is 11.4 Å². The fraction of sp³-hybridized carbons (Fsp3) is 0.258. The standard InChI is InChI=1S/C31H32ClN5O2S/c1-6-28(38)34-24-14-13-21(17-27(24)39-5)37-30(29(35-31(37)40)25-11-7-8-15-33-25)22-16-18(2)36(20(22)4)26-12-9-10-23(32)19(26)3/h7-17,29-30H,6H2,1-5H3,(H,34,38)(H,35,40). The fourth-order valence-corrected chi connectivity index (χ4v) is 5.93. The number of carbonyl (C=O) groups is 1. The molecule has 0 bridgehead atoms. The molecule has 2 unspecified atom stereocenters. The van der Waals surface area contributed by atoms with E-state index < -0.39 is 0 Å². The molecule has 2 atom stereocenters. The second-order valence-electron chi connectivity index (χ2n) is 9.83. The number of nitrogens with one attached hydrogen (secondary N) is 2. The molecule has 4 aromatic rings. The SMILES string of the molecule is CCC(=O)Nc1ccc(N2C(=S)NC(c3ccccn3)C2c2cc(C)n(-c3cccc(Cl)c3C)c2C)cc1OC. The number of rotatable bonds is 7. The third-order valence-corrected chi connectivity index (χ3v) is 8.15. The van der Waals surface area contributed by atoms with Crippen LogP contribution < -0.4 is 20.3 Å². The van der Waals surface area contributed by atoms with E-state index in [4.69, 9.17) is 28.6 Å². The lowest BCUT2D eigenvalue weighted by Gasteiger charge is -2.29. The van der Waals surface area contributed by atoms with E-state index in [1.807, 2.05) is 62.4 Å². The van der Waals surface area contributed by atoms with Crippen LogP contribution in [0.15, 0.2) is 66.9 Å². The van der Waals surface area contributed by atoms with Crippen LogP contribution in [0.1, 0.15) is 53.6 Å². The largest absolute Gasteiger partial charge is 0.494 e. The van der Waals surface area contributed by atoms with Gasteiger partial charge in [-0.05, 0) is 86.6 Å². The highest BCUT2D eigenvalue weighted by atomic mass is 35.5. The van der Waals surface area contributed by atoms with Gasteiger partial charge in [0.25, 0.3) is 0 Å². The highest BCUT2D eigenvalue weighted by Crippen LogP contribution is 2.45. The van der Waals surface area contributed by atoms with Gasteiger partial charge in [0, 0.05) is 46.5 Å². The first-order valence-electron chi connectivity index (χ1n) is 13.2. The molecule has 1 aliphatic rings. The summed E-state index contributed by atoms with van der Waals surface area (Å²) in [5.41, 5.74) is 7.70. The highest BCUT2D eigenvalue weighted by Gasteiger charge is 2.42. The van der Waals surface area contributed by atoms with Gasteiger partial charge in [0.15, 0.2) is 5.11 Å². The van der Waals surface area contributed by atoms with Crippen LogP contribution in [0.3, 0.4) is 0 Å². The average Bonchev–Trinajstić information content (AvgIpc) is 3.45. The number of pyridine rings is 1. The van der Waals surface area contributed by atoms with Crippen molar-refractivity contribution in [1.82, 2.24) is 14.9 Å². The summed E-state index contributed by atoms with van der Waals surface area (Å²) in [5, 5.41) is 7.75. The molecule has 1 fully saturated rings. The Bertz CT molecular complexity index is 1590. The van der Waals surface area contributed by atoms with Crippen LogP contribution in [0.4, 0.5) is 11.4 Å². The summed E-state index contributed by atoms with van der Waals surface area (Å²) >= 11 is 12.5. The van der Waals surface area contributed by atoms with Crippen LogP contribution >= 0.6 is 23.8 Å². The number of amides is 1. The minimum absolute atomic E-state index is 0.0822. The predicted octanol–water partition coefficient (Wildman–Crippen LogP) is 6.99. The molecule has 0 aliphatic carbocycles. The molecule has 0 spiro atoms. The first kappa shape index (κ1) is 27.7. The molecule has 2 aromatic carbocycles. The van der Waals surface area contributed by atoms with Gasteiger partial charge in [-0.2, -0.15) is 0 Å². The minimum atomic E-state index is -0.206. The van der Waals surface area contributed by atoms with Gasteiger partial charge in [-0.1, -0.05) is 30.7 Å². The molecule has 0 saturated carbocycles. The van der Waals surface area contributed by atoms with E-state index in [2.05, 4.69) is 51.1 Å². The van der Waals surface area contributed by atoms with Crippen LogP contribution in [0.25, 0.3) is 5.69 Å². The molecule has 1 saturated heterocycles. The molecule has 0 radical (unpaired) electrons. The van der Waals surface area contributed by atoms with Gasteiger partial charge in [0.1, 0.15) is 5.75 Å². The van der Waals surface area contributed by atoms with Crippen molar-refractivity contribution in [3.05, 3.63) is 100 Å².